The molecular formula is C25H24F3N3O4. The van der Waals surface area contributed by atoms with E-state index in [4.69, 9.17) is 14.7 Å². The van der Waals surface area contributed by atoms with Gasteiger partial charge in [0.25, 0.3) is 5.91 Å². The minimum atomic E-state index is -4.63. The number of fused-ring (bicyclic) bond motifs is 1. The molecule has 3 aliphatic heterocycles. The van der Waals surface area contributed by atoms with Gasteiger partial charge in [-0.15, -0.1) is 0 Å². The van der Waals surface area contributed by atoms with Gasteiger partial charge in [-0.1, -0.05) is 0 Å². The molecule has 10 heteroatoms. The Bertz CT molecular complexity index is 1190. The van der Waals surface area contributed by atoms with Crippen molar-refractivity contribution in [2.24, 2.45) is 11.3 Å². The Kier molecular flexibility index (Phi) is 5.75. The third-order valence-electron chi connectivity index (χ3n) is 7.49. The number of hydrogen-bond acceptors (Lipinski definition) is 6. The number of rotatable bonds is 3. The second-order valence-electron chi connectivity index (χ2n) is 9.32. The fourth-order valence-corrected chi connectivity index (χ4v) is 5.48. The normalized spacial score (nSPS) is 20.8. The van der Waals surface area contributed by atoms with Crippen LogP contribution >= 0.6 is 0 Å². The maximum Gasteiger partial charge on any atom is 0.417 e. The predicted octanol–water partition coefficient (Wildman–Crippen LogP) is 3.66. The molecule has 1 amide bonds. The third kappa shape index (κ3) is 4.14. The first-order valence-electron chi connectivity index (χ1n) is 11.4. The summed E-state index contributed by atoms with van der Waals surface area (Å²) in [6.07, 6.45) is -3.36. The summed E-state index contributed by atoms with van der Waals surface area (Å²) >= 11 is 0. The molecule has 0 aliphatic carbocycles. The Morgan fingerprint density at radius 3 is 2.57 bits per heavy atom. The van der Waals surface area contributed by atoms with Crippen molar-refractivity contribution in [3.05, 3.63) is 53.1 Å². The number of nitrogens with zero attached hydrogens (tertiary/aromatic N) is 3. The van der Waals surface area contributed by atoms with Gasteiger partial charge in [0.05, 0.1) is 17.2 Å². The van der Waals surface area contributed by atoms with Gasteiger partial charge in [-0.2, -0.15) is 18.4 Å². The van der Waals surface area contributed by atoms with Crippen LogP contribution in [-0.2, 0) is 6.18 Å². The highest BCUT2D eigenvalue weighted by Crippen LogP contribution is 2.47. The minimum absolute atomic E-state index is 0.0883. The van der Waals surface area contributed by atoms with E-state index in [9.17, 15) is 23.1 Å². The van der Waals surface area contributed by atoms with Gasteiger partial charge in [-0.05, 0) is 54.7 Å². The molecule has 1 N–H and O–H groups in total. The highest BCUT2D eigenvalue weighted by atomic mass is 19.4. The molecule has 3 aliphatic rings. The average molecular weight is 487 g/mol. The summed E-state index contributed by atoms with van der Waals surface area (Å²) in [6.45, 7) is 1.90. The molecule has 3 heterocycles. The average Bonchev–Trinajstić information content (AvgIpc) is 3.47. The van der Waals surface area contributed by atoms with Gasteiger partial charge in [-0.3, -0.25) is 4.79 Å². The lowest BCUT2D eigenvalue weighted by Gasteiger charge is -2.42. The van der Waals surface area contributed by atoms with Gasteiger partial charge < -0.3 is 24.4 Å². The zero-order valence-corrected chi connectivity index (χ0v) is 18.8. The number of carbonyl (C=O) groups excluding carboxylic acids is 1. The van der Waals surface area contributed by atoms with Crippen molar-refractivity contribution in [2.45, 2.75) is 19.0 Å². The molecule has 2 saturated heterocycles. The number of benzene rings is 2. The zero-order valence-electron chi connectivity index (χ0n) is 18.8. The minimum Gasteiger partial charge on any atom is -0.454 e. The monoisotopic (exact) mass is 487 g/mol. The van der Waals surface area contributed by atoms with Crippen LogP contribution in [-0.4, -0.2) is 55.5 Å². The van der Waals surface area contributed by atoms with E-state index in [0.717, 1.165) is 6.07 Å². The maximum atomic E-state index is 13.5. The van der Waals surface area contributed by atoms with E-state index in [2.05, 4.69) is 0 Å². The number of carbonyl (C=O) groups is 1. The van der Waals surface area contributed by atoms with Crippen LogP contribution in [0.2, 0.25) is 0 Å². The Morgan fingerprint density at radius 2 is 1.89 bits per heavy atom. The lowest BCUT2D eigenvalue weighted by Crippen LogP contribution is -2.47. The van der Waals surface area contributed by atoms with Gasteiger partial charge in [0, 0.05) is 50.0 Å². The van der Waals surface area contributed by atoms with Crippen LogP contribution in [0.15, 0.2) is 36.4 Å². The first-order valence-corrected chi connectivity index (χ1v) is 11.4. The Hall–Kier alpha value is -3.45. The summed E-state index contributed by atoms with van der Waals surface area (Å²) in [6, 6.07) is 10.4. The molecule has 2 fully saturated rings. The van der Waals surface area contributed by atoms with Crippen molar-refractivity contribution in [3.8, 4) is 17.6 Å². The smallest absolute Gasteiger partial charge is 0.417 e. The quantitative estimate of drug-likeness (QED) is 0.712. The topological polar surface area (TPSA) is 86.0 Å². The summed E-state index contributed by atoms with van der Waals surface area (Å²) in [4.78, 5) is 16.7. The summed E-state index contributed by atoms with van der Waals surface area (Å²) in [5.41, 5.74) is -0.792. The number of amides is 1. The number of halogens is 3. The molecule has 0 aromatic heterocycles. The molecule has 0 saturated carbocycles. The molecule has 0 bridgehead atoms. The second kappa shape index (κ2) is 8.64. The summed E-state index contributed by atoms with van der Waals surface area (Å²) in [7, 11) is 0. The van der Waals surface area contributed by atoms with Crippen LogP contribution in [0, 0.1) is 22.7 Å². The Balaban J connectivity index is 1.31. The largest absolute Gasteiger partial charge is 0.454 e. The molecule has 35 heavy (non-hydrogen) atoms. The molecule has 2 aromatic carbocycles. The van der Waals surface area contributed by atoms with E-state index < -0.39 is 17.3 Å². The molecule has 1 unspecified atom stereocenters. The lowest BCUT2D eigenvalue weighted by atomic mass is 9.71. The summed E-state index contributed by atoms with van der Waals surface area (Å²) in [5, 5.41) is 19.2. The molecular weight excluding hydrogens is 463 g/mol. The molecule has 2 aromatic rings. The van der Waals surface area contributed by atoms with Gasteiger partial charge in [0.2, 0.25) is 6.79 Å². The van der Waals surface area contributed by atoms with Crippen LogP contribution in [0.1, 0.15) is 34.3 Å². The van der Waals surface area contributed by atoms with Crippen molar-refractivity contribution in [1.82, 2.24) is 4.90 Å². The number of aliphatic hydroxyl groups is 1. The molecule has 1 spiro atoms. The number of alkyl halides is 3. The van der Waals surface area contributed by atoms with Crippen LogP contribution in [0.5, 0.6) is 11.5 Å². The number of hydrogen-bond donors (Lipinski definition) is 1. The van der Waals surface area contributed by atoms with Crippen molar-refractivity contribution in [1.29, 1.82) is 5.26 Å². The van der Waals surface area contributed by atoms with Gasteiger partial charge in [0.1, 0.15) is 0 Å². The standard InChI is InChI=1S/C25H24F3N3O4/c26-25(27,28)20-10-19(3-1-17(20)11-29)31-12-18(13-32)24(14-31)5-7-30(8-6-24)23(33)16-2-4-21-22(9-16)35-15-34-21/h1-4,9-10,18,32H,5-8,12-15H2. The zero-order chi connectivity index (χ0) is 24.8. The van der Waals surface area contributed by atoms with Crippen LogP contribution < -0.4 is 14.4 Å². The van der Waals surface area contributed by atoms with E-state index in [1.165, 1.54) is 12.1 Å². The third-order valence-corrected chi connectivity index (χ3v) is 7.49. The lowest BCUT2D eigenvalue weighted by molar-refractivity contribution is -0.137. The van der Waals surface area contributed by atoms with Crippen molar-refractivity contribution < 1.29 is 32.5 Å². The Labute approximate surface area is 200 Å². The first-order chi connectivity index (χ1) is 16.7. The van der Waals surface area contributed by atoms with Gasteiger partial charge in [0.15, 0.2) is 11.5 Å². The van der Waals surface area contributed by atoms with Crippen molar-refractivity contribution in [3.63, 3.8) is 0 Å². The van der Waals surface area contributed by atoms with Crippen molar-refractivity contribution in [2.75, 3.05) is 44.5 Å². The van der Waals surface area contributed by atoms with Gasteiger partial charge in [-0.25, -0.2) is 0 Å². The maximum absolute atomic E-state index is 13.5. The molecule has 0 radical (unpaired) electrons. The van der Waals surface area contributed by atoms with E-state index >= 15 is 0 Å². The number of ether oxygens (including phenoxy) is 2. The van der Waals surface area contributed by atoms with E-state index in [1.807, 2.05) is 4.90 Å². The van der Waals surface area contributed by atoms with E-state index in [1.54, 1.807) is 29.2 Å². The molecule has 1 atom stereocenters. The molecule has 5 rings (SSSR count). The summed E-state index contributed by atoms with van der Waals surface area (Å²) in [5.74, 6) is 0.898. The van der Waals surface area contributed by atoms with E-state index in [-0.39, 0.29) is 30.6 Å². The van der Waals surface area contributed by atoms with E-state index in [0.29, 0.717) is 61.8 Å². The second-order valence-corrected chi connectivity index (χ2v) is 9.32. The summed E-state index contributed by atoms with van der Waals surface area (Å²) < 4.78 is 51.1. The SMILES string of the molecule is N#Cc1ccc(N2CC(CO)C3(CCN(C(=O)c4ccc5c(c4)OCO5)CC3)C2)cc1C(F)(F)F. The number of aliphatic hydroxyl groups excluding tert-OH is 1. The van der Waals surface area contributed by atoms with Crippen molar-refractivity contribution >= 4 is 11.6 Å². The highest BCUT2D eigenvalue weighted by molar-refractivity contribution is 5.95. The fourth-order valence-electron chi connectivity index (χ4n) is 5.48. The fraction of sp³-hybridized carbons (Fsp3) is 0.440. The van der Waals surface area contributed by atoms with Crippen LogP contribution in [0.25, 0.3) is 0 Å². The number of likely N-dealkylation sites (tertiary alicyclic amines) is 1. The molecule has 184 valence electrons. The van der Waals surface area contributed by atoms with Gasteiger partial charge >= 0.3 is 6.18 Å². The molecule has 7 nitrogen and oxygen atoms in total. The predicted molar refractivity (Wildman–Crippen MR) is 119 cm³/mol. The number of piperidine rings is 1. The number of anilines is 1. The number of nitriles is 1. The Morgan fingerprint density at radius 1 is 1.14 bits per heavy atom. The van der Waals surface area contributed by atoms with Crippen LogP contribution in [0.4, 0.5) is 18.9 Å². The first kappa shape index (κ1) is 23.3. The van der Waals surface area contributed by atoms with Crippen LogP contribution in [0.3, 0.4) is 0 Å². The highest BCUT2D eigenvalue weighted by Gasteiger charge is 2.48.